The van der Waals surface area contributed by atoms with E-state index >= 15 is 4.39 Å². The molecule has 1 atom stereocenters. The Kier molecular flexibility index (Phi) is 17.9. The van der Waals surface area contributed by atoms with E-state index in [1.54, 1.807) is 42.5 Å². The summed E-state index contributed by atoms with van der Waals surface area (Å²) >= 11 is 0. The van der Waals surface area contributed by atoms with Crippen LogP contribution in [0.5, 0.6) is 5.75 Å². The second kappa shape index (κ2) is 25.0. The van der Waals surface area contributed by atoms with Crippen molar-refractivity contribution in [3.8, 4) is 28.0 Å². The molecule has 4 aromatic carbocycles. The molecule has 5 aromatic rings. The molecule has 0 spiro atoms. The molecule has 3 aliphatic heterocycles. The molecule has 0 bridgehead atoms. The monoisotopic (exact) mass is 1050 g/mol. The first-order valence-corrected chi connectivity index (χ1v) is 25.5. The lowest BCUT2D eigenvalue weighted by Crippen LogP contribution is -2.54. The number of amides is 6. The van der Waals surface area contributed by atoms with Crippen molar-refractivity contribution in [1.82, 2.24) is 20.5 Å². The summed E-state index contributed by atoms with van der Waals surface area (Å²) in [6.07, 6.45) is 2.16. The highest BCUT2D eigenvalue weighted by Crippen LogP contribution is 2.35. The summed E-state index contributed by atoms with van der Waals surface area (Å²) in [5.74, 6) is -3.32. The van der Waals surface area contributed by atoms with Crippen molar-refractivity contribution in [1.29, 1.82) is 0 Å². The smallest absolute Gasteiger partial charge is 0.266 e. The van der Waals surface area contributed by atoms with Crippen molar-refractivity contribution in [3.63, 3.8) is 0 Å². The molecule has 8 rings (SSSR count). The minimum absolute atomic E-state index is 0.0237. The van der Waals surface area contributed by atoms with Gasteiger partial charge in [-0.3, -0.25) is 43.7 Å². The van der Waals surface area contributed by atoms with E-state index in [9.17, 15) is 37.2 Å². The number of fused-ring (bicyclic) bond motifs is 2. The predicted molar refractivity (Wildman–Crippen MR) is 269 cm³/mol. The molecule has 21 nitrogen and oxygen atoms in total. The minimum Gasteiger partial charge on any atom is -0.490 e. The number of rotatable bonds is 26. The number of nitrogens with zero attached hydrogens (tertiary/aromatic N) is 2. The number of imide groups is 2. The summed E-state index contributed by atoms with van der Waals surface area (Å²) in [6.45, 7) is 3.29. The first kappa shape index (κ1) is 53.6. The third kappa shape index (κ3) is 13.6. The van der Waals surface area contributed by atoms with Crippen molar-refractivity contribution in [2.45, 2.75) is 36.6 Å². The lowest BCUT2D eigenvalue weighted by molar-refractivity contribution is -0.136. The zero-order chi connectivity index (χ0) is 52.9. The van der Waals surface area contributed by atoms with Crippen LogP contribution < -0.4 is 31.1 Å². The van der Waals surface area contributed by atoms with Crippen LogP contribution in [0.25, 0.3) is 22.3 Å². The van der Waals surface area contributed by atoms with E-state index in [0.29, 0.717) is 73.9 Å². The van der Waals surface area contributed by atoms with Gasteiger partial charge in [0.2, 0.25) is 17.7 Å². The van der Waals surface area contributed by atoms with E-state index in [1.165, 1.54) is 36.5 Å². The fraction of sp³-hybridized carbons (Fsp3) is 0.327. The van der Waals surface area contributed by atoms with Gasteiger partial charge in [0.25, 0.3) is 27.7 Å². The van der Waals surface area contributed by atoms with Crippen molar-refractivity contribution >= 4 is 62.7 Å². The van der Waals surface area contributed by atoms with Crippen LogP contribution in [0.1, 0.15) is 55.9 Å². The van der Waals surface area contributed by atoms with Gasteiger partial charge in [0.15, 0.2) is 0 Å². The van der Waals surface area contributed by atoms with Crippen LogP contribution in [0.2, 0.25) is 0 Å². The Morgan fingerprint density at radius 2 is 1.37 bits per heavy atom. The number of benzene rings is 4. The van der Waals surface area contributed by atoms with Gasteiger partial charge < -0.3 is 44.8 Å². The zero-order valence-electron chi connectivity index (χ0n) is 40.5. The fourth-order valence-corrected chi connectivity index (χ4v) is 9.47. The quantitative estimate of drug-likeness (QED) is 0.0385. The highest BCUT2D eigenvalue weighted by atomic mass is 32.2. The number of ether oxygens (including phenoxy) is 6. The molecule has 394 valence electrons. The van der Waals surface area contributed by atoms with Gasteiger partial charge in [-0.2, -0.15) is 0 Å². The molecule has 0 aliphatic carbocycles. The van der Waals surface area contributed by atoms with Crippen molar-refractivity contribution in [3.05, 3.63) is 119 Å². The number of hydrogen-bond donors (Lipinski definition) is 5. The van der Waals surface area contributed by atoms with Crippen molar-refractivity contribution in [2.24, 2.45) is 0 Å². The number of halogens is 1. The Morgan fingerprint density at radius 1 is 0.707 bits per heavy atom. The Bertz CT molecular complexity index is 3090. The number of carbonyl (C=O) groups is 6. The van der Waals surface area contributed by atoms with Gasteiger partial charge in [-0.15, -0.1) is 0 Å². The highest BCUT2D eigenvalue weighted by molar-refractivity contribution is 7.92. The van der Waals surface area contributed by atoms with E-state index in [0.717, 1.165) is 16.5 Å². The molecule has 75 heavy (non-hydrogen) atoms. The SMILES string of the molecule is Nc1ncc(-c2ccc(S(=O)(=O)Nc3cccc(NC(=O)CCOCCOCCOCCOCCOCCOc4cccc5c4C(=O)N(C4CCC(=O)NC4=O)C5=O)c3)cc2F)cc1-c1ccc2c(c1)CCNC2=O. The third-order valence-corrected chi connectivity index (χ3v) is 13.5. The van der Waals surface area contributed by atoms with Crippen LogP contribution in [0.15, 0.2) is 96.0 Å². The van der Waals surface area contributed by atoms with Gasteiger partial charge in [0.1, 0.15) is 30.0 Å². The number of nitrogens with one attached hydrogen (secondary N) is 4. The lowest BCUT2D eigenvalue weighted by Gasteiger charge is -2.27. The Hall–Kier alpha value is -7.67. The van der Waals surface area contributed by atoms with Crippen LogP contribution >= 0.6 is 0 Å². The summed E-state index contributed by atoms with van der Waals surface area (Å²) in [7, 11) is -4.25. The maximum Gasteiger partial charge on any atom is 0.266 e. The number of hydrogen-bond acceptors (Lipinski definition) is 16. The summed E-state index contributed by atoms with van der Waals surface area (Å²) in [4.78, 5) is 79.7. The largest absolute Gasteiger partial charge is 0.490 e. The van der Waals surface area contributed by atoms with E-state index < -0.39 is 45.5 Å². The Morgan fingerprint density at radius 3 is 2.08 bits per heavy atom. The molecule has 3 aliphatic rings. The number of sulfonamides is 1. The number of aromatic nitrogens is 1. The van der Waals surface area contributed by atoms with Crippen LogP contribution in [-0.2, 0) is 54.5 Å². The highest BCUT2D eigenvalue weighted by Gasteiger charge is 2.46. The third-order valence-electron chi connectivity index (χ3n) is 12.1. The van der Waals surface area contributed by atoms with Crippen LogP contribution in [0.4, 0.5) is 21.6 Å². The Labute approximate surface area is 430 Å². The van der Waals surface area contributed by atoms with E-state index in [2.05, 4.69) is 25.7 Å². The topological polar surface area (TPSA) is 282 Å². The predicted octanol–water partition coefficient (Wildman–Crippen LogP) is 4.12. The molecular formula is C52H54FN7O14S. The number of pyridine rings is 1. The number of nitrogen functional groups attached to an aromatic ring is 1. The average molecular weight is 1050 g/mol. The van der Waals surface area contributed by atoms with Gasteiger partial charge >= 0.3 is 0 Å². The summed E-state index contributed by atoms with van der Waals surface area (Å²) in [5.41, 5.74) is 10.0. The molecule has 23 heteroatoms. The van der Waals surface area contributed by atoms with Gasteiger partial charge in [-0.05, 0) is 78.6 Å². The van der Waals surface area contributed by atoms with Gasteiger partial charge in [-0.1, -0.05) is 30.3 Å². The Balaban J connectivity index is 0.653. The van der Waals surface area contributed by atoms with E-state index in [-0.39, 0.29) is 110 Å². The van der Waals surface area contributed by atoms with Crippen LogP contribution in [-0.4, -0.2) is 139 Å². The molecule has 1 fully saturated rings. The van der Waals surface area contributed by atoms with E-state index in [1.807, 2.05) is 6.07 Å². The lowest BCUT2D eigenvalue weighted by atomic mass is 9.94. The minimum atomic E-state index is -4.25. The number of anilines is 3. The maximum atomic E-state index is 15.6. The maximum absolute atomic E-state index is 15.6. The number of nitrogens with two attached hydrogens (primary N) is 1. The second-order valence-electron chi connectivity index (χ2n) is 17.2. The molecular weight excluding hydrogens is 998 g/mol. The summed E-state index contributed by atoms with van der Waals surface area (Å²) in [6, 6.07) is 20.2. The molecule has 1 saturated heterocycles. The fourth-order valence-electron chi connectivity index (χ4n) is 8.41. The molecule has 6 amide bonds. The number of piperidine rings is 1. The molecule has 1 aromatic heterocycles. The summed E-state index contributed by atoms with van der Waals surface area (Å²) in [5, 5.41) is 7.69. The molecule has 0 saturated carbocycles. The normalized spacial score (nSPS) is 15.3. The van der Waals surface area contributed by atoms with Crippen molar-refractivity contribution < 1.29 is 70.0 Å². The second-order valence-corrected chi connectivity index (χ2v) is 18.9. The van der Waals surface area contributed by atoms with Gasteiger partial charge in [0.05, 0.1) is 94.2 Å². The first-order chi connectivity index (χ1) is 36.3. The van der Waals surface area contributed by atoms with Gasteiger partial charge in [-0.25, -0.2) is 17.8 Å². The van der Waals surface area contributed by atoms with E-state index in [4.69, 9.17) is 34.2 Å². The molecule has 6 N–H and O–H groups in total. The van der Waals surface area contributed by atoms with Crippen molar-refractivity contribution in [2.75, 3.05) is 95.0 Å². The van der Waals surface area contributed by atoms with Gasteiger partial charge in [0, 0.05) is 47.1 Å². The standard InChI is InChI=1S/C52H54FN7O14S/c53-42-30-37(8-10-38(42)34-28-41(48(54)56-31-34)32-7-9-39-33(27-32)13-15-55-49(39)63)75(67,68)59-36-4-1-3-35(29-36)57-46(62)14-16-69-17-18-70-19-20-71-21-22-72-23-24-73-25-26-74-44-6-2-5-40-47(44)52(66)60(51(40)65)43-11-12-45(61)58-50(43)64/h1-10,27-31,43,59H,11-26H2,(H2,54,56)(H,55,63)(H,57,62)(H,58,61,64). The van der Waals surface area contributed by atoms with Crippen LogP contribution in [0.3, 0.4) is 0 Å². The summed E-state index contributed by atoms with van der Waals surface area (Å²) < 4.78 is 78.1. The average Bonchev–Trinajstić information content (AvgIpc) is 3.64. The molecule has 0 radical (unpaired) electrons. The zero-order valence-corrected chi connectivity index (χ0v) is 41.3. The van der Waals surface area contributed by atoms with Crippen LogP contribution in [0, 0.1) is 5.82 Å². The molecule has 1 unspecified atom stereocenters. The first-order valence-electron chi connectivity index (χ1n) is 24.0. The molecule has 4 heterocycles. The number of carbonyl (C=O) groups excluding carboxylic acids is 6.